The first-order valence-electron chi connectivity index (χ1n) is 4.19. The van der Waals surface area contributed by atoms with Gasteiger partial charge in [0.05, 0.1) is 0 Å². The first kappa shape index (κ1) is 9.82. The normalized spacial score (nSPS) is 18.7. The zero-order valence-electron chi connectivity index (χ0n) is 6.99. The van der Waals surface area contributed by atoms with Crippen molar-refractivity contribution in [2.24, 2.45) is 0 Å². The molecule has 0 heterocycles. The van der Waals surface area contributed by atoms with Gasteiger partial charge in [0.2, 0.25) is 0 Å². The summed E-state index contributed by atoms with van der Waals surface area (Å²) in [5.74, 6) is 0. The van der Waals surface area contributed by atoms with E-state index in [1.807, 2.05) is 18.2 Å². The molecule has 0 aromatic heterocycles. The second-order valence-corrected chi connectivity index (χ2v) is 4.94. The molecule has 0 bridgehead atoms. The van der Waals surface area contributed by atoms with Crippen LogP contribution in [0, 0.1) is 0 Å². The number of alkyl halides is 1. The predicted molar refractivity (Wildman–Crippen MR) is 61.2 cm³/mol. The van der Waals surface area contributed by atoms with Crippen molar-refractivity contribution in [3.05, 3.63) is 33.8 Å². The van der Waals surface area contributed by atoms with Gasteiger partial charge in [-0.05, 0) is 30.5 Å². The second-order valence-electron chi connectivity index (χ2n) is 3.54. The van der Waals surface area contributed by atoms with Crippen molar-refractivity contribution in [2.45, 2.75) is 18.3 Å². The lowest BCUT2D eigenvalue weighted by atomic mass is 9.98. The molecule has 1 aliphatic rings. The molecule has 0 atom stereocenters. The van der Waals surface area contributed by atoms with Gasteiger partial charge in [-0.2, -0.15) is 0 Å². The first-order valence-corrected chi connectivity index (χ1v) is 6.07. The van der Waals surface area contributed by atoms with E-state index in [9.17, 15) is 0 Å². The van der Waals surface area contributed by atoms with Crippen molar-refractivity contribution < 1.29 is 0 Å². The average Bonchev–Trinajstić information content (AvgIpc) is 2.85. The smallest absolute Gasteiger partial charge is 0.0458 e. The highest BCUT2D eigenvalue weighted by atomic mass is 79.9. The SMILES string of the molecule is Clc1ccc(C2(CBr)CC2)c(Cl)c1. The van der Waals surface area contributed by atoms with Crippen molar-refractivity contribution in [1.29, 1.82) is 0 Å². The second kappa shape index (κ2) is 3.45. The summed E-state index contributed by atoms with van der Waals surface area (Å²) < 4.78 is 0. The van der Waals surface area contributed by atoms with Crippen molar-refractivity contribution in [3.8, 4) is 0 Å². The molecule has 0 aliphatic heterocycles. The predicted octanol–water partition coefficient (Wildman–Crippen LogP) is 4.42. The van der Waals surface area contributed by atoms with Gasteiger partial charge in [-0.15, -0.1) is 0 Å². The summed E-state index contributed by atoms with van der Waals surface area (Å²) in [5.41, 5.74) is 1.53. The number of rotatable bonds is 2. The molecule has 13 heavy (non-hydrogen) atoms. The van der Waals surface area contributed by atoms with Gasteiger partial charge in [0.1, 0.15) is 0 Å². The van der Waals surface area contributed by atoms with Crippen LogP contribution in [0.4, 0.5) is 0 Å². The Morgan fingerprint density at radius 2 is 2.00 bits per heavy atom. The summed E-state index contributed by atoms with van der Waals surface area (Å²) in [6.07, 6.45) is 2.44. The Morgan fingerprint density at radius 3 is 2.46 bits per heavy atom. The summed E-state index contributed by atoms with van der Waals surface area (Å²) in [6.45, 7) is 0. The Kier molecular flexibility index (Phi) is 2.61. The molecular formula is C10H9BrCl2. The van der Waals surface area contributed by atoms with Crippen molar-refractivity contribution in [2.75, 3.05) is 5.33 Å². The summed E-state index contributed by atoms with van der Waals surface area (Å²) in [5, 5.41) is 2.49. The summed E-state index contributed by atoms with van der Waals surface area (Å²) >= 11 is 15.5. The molecule has 1 aromatic carbocycles. The van der Waals surface area contributed by atoms with Crippen LogP contribution in [0.5, 0.6) is 0 Å². The fraction of sp³-hybridized carbons (Fsp3) is 0.400. The molecule has 70 valence electrons. The first-order chi connectivity index (χ1) is 6.18. The molecule has 0 N–H and O–H groups in total. The molecule has 0 radical (unpaired) electrons. The number of hydrogen-bond acceptors (Lipinski definition) is 0. The largest absolute Gasteiger partial charge is 0.0918 e. The highest BCUT2D eigenvalue weighted by Gasteiger charge is 2.44. The minimum Gasteiger partial charge on any atom is -0.0918 e. The maximum absolute atomic E-state index is 6.13. The van der Waals surface area contributed by atoms with Gasteiger partial charge in [-0.3, -0.25) is 0 Å². The third-order valence-electron chi connectivity index (χ3n) is 2.61. The van der Waals surface area contributed by atoms with Crippen molar-refractivity contribution in [1.82, 2.24) is 0 Å². The van der Waals surface area contributed by atoms with E-state index in [2.05, 4.69) is 15.9 Å². The fourth-order valence-electron chi connectivity index (χ4n) is 1.55. The summed E-state index contributed by atoms with van der Waals surface area (Å²) in [4.78, 5) is 0. The lowest BCUT2D eigenvalue weighted by Crippen LogP contribution is -2.08. The Labute approximate surface area is 96.4 Å². The van der Waals surface area contributed by atoms with Gasteiger partial charge in [-0.1, -0.05) is 45.2 Å². The van der Waals surface area contributed by atoms with E-state index in [-0.39, 0.29) is 0 Å². The lowest BCUT2D eigenvalue weighted by molar-refractivity contribution is 0.810. The summed E-state index contributed by atoms with van der Waals surface area (Å²) in [6, 6.07) is 5.77. The molecule has 1 aromatic rings. The molecule has 3 heteroatoms. The molecular weight excluding hydrogens is 271 g/mol. The van der Waals surface area contributed by atoms with Crippen LogP contribution in [-0.4, -0.2) is 5.33 Å². The van der Waals surface area contributed by atoms with Crippen LogP contribution >= 0.6 is 39.1 Å². The van der Waals surface area contributed by atoms with Crippen molar-refractivity contribution >= 4 is 39.1 Å². The molecule has 0 nitrogen and oxygen atoms in total. The zero-order valence-corrected chi connectivity index (χ0v) is 10.1. The van der Waals surface area contributed by atoms with Crippen LogP contribution < -0.4 is 0 Å². The van der Waals surface area contributed by atoms with E-state index >= 15 is 0 Å². The Bertz CT molecular complexity index is 332. The average molecular weight is 280 g/mol. The molecule has 0 spiro atoms. The quantitative estimate of drug-likeness (QED) is 0.703. The molecule has 0 amide bonds. The number of halogens is 3. The highest BCUT2D eigenvalue weighted by molar-refractivity contribution is 9.09. The van der Waals surface area contributed by atoms with Gasteiger partial charge in [-0.25, -0.2) is 0 Å². The van der Waals surface area contributed by atoms with Gasteiger partial charge in [0.25, 0.3) is 0 Å². The molecule has 0 saturated heterocycles. The van der Waals surface area contributed by atoms with Gasteiger partial charge < -0.3 is 0 Å². The van der Waals surface area contributed by atoms with E-state index in [1.54, 1.807) is 0 Å². The maximum atomic E-state index is 6.13. The minimum absolute atomic E-state index is 0.293. The maximum Gasteiger partial charge on any atom is 0.0458 e. The third kappa shape index (κ3) is 1.74. The molecule has 1 fully saturated rings. The van der Waals surface area contributed by atoms with Crippen LogP contribution in [0.15, 0.2) is 18.2 Å². The fourth-order valence-corrected chi connectivity index (χ4v) is 3.02. The lowest BCUT2D eigenvalue weighted by Gasteiger charge is -2.13. The van der Waals surface area contributed by atoms with Crippen molar-refractivity contribution in [3.63, 3.8) is 0 Å². The van der Waals surface area contributed by atoms with Crippen LogP contribution in [-0.2, 0) is 5.41 Å². The summed E-state index contributed by atoms with van der Waals surface area (Å²) in [7, 11) is 0. The zero-order chi connectivity index (χ0) is 9.47. The van der Waals surface area contributed by atoms with E-state index in [1.165, 1.54) is 18.4 Å². The molecule has 2 rings (SSSR count). The van der Waals surface area contributed by atoms with Crippen LogP contribution in [0.25, 0.3) is 0 Å². The monoisotopic (exact) mass is 278 g/mol. The van der Waals surface area contributed by atoms with E-state index in [4.69, 9.17) is 23.2 Å². The van der Waals surface area contributed by atoms with E-state index in [0.717, 1.165) is 10.4 Å². The Balaban J connectivity index is 2.41. The van der Waals surface area contributed by atoms with Crippen LogP contribution in [0.2, 0.25) is 10.0 Å². The van der Waals surface area contributed by atoms with Gasteiger partial charge in [0.15, 0.2) is 0 Å². The van der Waals surface area contributed by atoms with E-state index in [0.29, 0.717) is 10.4 Å². The Morgan fingerprint density at radius 1 is 1.31 bits per heavy atom. The van der Waals surface area contributed by atoms with Crippen LogP contribution in [0.3, 0.4) is 0 Å². The Hall–Kier alpha value is 0.280. The molecule has 1 saturated carbocycles. The van der Waals surface area contributed by atoms with E-state index < -0.39 is 0 Å². The number of benzene rings is 1. The number of hydrogen-bond donors (Lipinski definition) is 0. The van der Waals surface area contributed by atoms with Gasteiger partial charge >= 0.3 is 0 Å². The van der Waals surface area contributed by atoms with Crippen LogP contribution in [0.1, 0.15) is 18.4 Å². The van der Waals surface area contributed by atoms with Gasteiger partial charge in [0, 0.05) is 20.8 Å². The third-order valence-corrected chi connectivity index (χ3v) is 4.23. The molecule has 0 unspecified atom stereocenters. The molecule has 1 aliphatic carbocycles. The minimum atomic E-state index is 0.293. The highest BCUT2D eigenvalue weighted by Crippen LogP contribution is 2.51. The standard InChI is InChI=1S/C10H9BrCl2/c11-6-10(3-4-10)8-2-1-7(12)5-9(8)13/h1-2,5H,3-4,6H2. The topological polar surface area (TPSA) is 0 Å².